The van der Waals surface area contributed by atoms with Crippen LogP contribution in [0.15, 0.2) is 18.3 Å². The molecule has 0 bridgehead atoms. The van der Waals surface area contributed by atoms with Gasteiger partial charge in [0.05, 0.1) is 6.04 Å². The fourth-order valence-corrected chi connectivity index (χ4v) is 2.88. The minimum atomic E-state index is -0.00756. The second-order valence-corrected chi connectivity index (χ2v) is 5.59. The van der Waals surface area contributed by atoms with Crippen LogP contribution < -0.4 is 15.5 Å². The zero-order valence-corrected chi connectivity index (χ0v) is 11.8. The van der Waals surface area contributed by atoms with E-state index in [1.54, 1.807) is 0 Å². The number of pyridine rings is 1. The van der Waals surface area contributed by atoms with Crippen LogP contribution in [0.2, 0.25) is 0 Å². The fourth-order valence-electron chi connectivity index (χ4n) is 2.88. The number of aromatic nitrogens is 1. The monoisotopic (exact) mass is 274 g/mol. The van der Waals surface area contributed by atoms with Crippen LogP contribution in [-0.4, -0.2) is 36.6 Å². The van der Waals surface area contributed by atoms with E-state index in [2.05, 4.69) is 32.7 Å². The third-order valence-electron chi connectivity index (χ3n) is 4.08. The average molecular weight is 274 g/mol. The molecule has 5 nitrogen and oxygen atoms in total. The first kappa shape index (κ1) is 13.4. The highest BCUT2D eigenvalue weighted by Gasteiger charge is 2.21. The van der Waals surface area contributed by atoms with E-state index in [0.29, 0.717) is 6.54 Å². The van der Waals surface area contributed by atoms with Crippen molar-refractivity contribution in [2.24, 2.45) is 0 Å². The third-order valence-corrected chi connectivity index (χ3v) is 4.08. The number of hydrogen-bond donors (Lipinski definition) is 2. The summed E-state index contributed by atoms with van der Waals surface area (Å²) in [6.07, 6.45) is 6.42. The van der Waals surface area contributed by atoms with Crippen molar-refractivity contribution in [1.82, 2.24) is 15.6 Å². The van der Waals surface area contributed by atoms with Crippen LogP contribution in [0.4, 0.5) is 5.82 Å². The molecule has 2 aliphatic rings. The second-order valence-electron chi connectivity index (χ2n) is 5.59. The van der Waals surface area contributed by atoms with Crippen LogP contribution in [0.5, 0.6) is 0 Å². The van der Waals surface area contributed by atoms with E-state index in [-0.39, 0.29) is 11.9 Å². The maximum atomic E-state index is 11.9. The van der Waals surface area contributed by atoms with Gasteiger partial charge in [0.15, 0.2) is 0 Å². The van der Waals surface area contributed by atoms with Crippen LogP contribution in [-0.2, 0) is 11.3 Å². The topological polar surface area (TPSA) is 57.3 Å². The van der Waals surface area contributed by atoms with Gasteiger partial charge in [-0.3, -0.25) is 4.79 Å². The molecule has 2 aliphatic heterocycles. The van der Waals surface area contributed by atoms with Gasteiger partial charge in [0, 0.05) is 25.8 Å². The van der Waals surface area contributed by atoms with Crippen LogP contribution in [0.1, 0.15) is 31.2 Å². The zero-order chi connectivity index (χ0) is 13.8. The summed E-state index contributed by atoms with van der Waals surface area (Å²) in [5.41, 5.74) is 1.05. The molecular weight excluding hydrogens is 252 g/mol. The smallest absolute Gasteiger partial charge is 0.237 e. The van der Waals surface area contributed by atoms with Crippen molar-refractivity contribution in [3.8, 4) is 0 Å². The summed E-state index contributed by atoms with van der Waals surface area (Å²) in [6, 6.07) is 4.11. The first-order valence-corrected chi connectivity index (χ1v) is 7.54. The summed E-state index contributed by atoms with van der Waals surface area (Å²) in [7, 11) is 0. The van der Waals surface area contributed by atoms with Crippen molar-refractivity contribution in [2.75, 3.05) is 24.5 Å². The molecular formula is C15H22N4O. The Bertz CT molecular complexity index is 447. The average Bonchev–Trinajstić information content (AvgIpc) is 3.18. The number of anilines is 1. The number of carbonyl (C=O) groups is 1. The van der Waals surface area contributed by atoms with Crippen LogP contribution in [0.25, 0.3) is 0 Å². The van der Waals surface area contributed by atoms with E-state index in [0.717, 1.165) is 43.9 Å². The van der Waals surface area contributed by atoms with Gasteiger partial charge in [-0.1, -0.05) is 6.07 Å². The lowest BCUT2D eigenvalue weighted by Gasteiger charge is -2.16. The lowest BCUT2D eigenvalue weighted by Crippen LogP contribution is -2.40. The molecule has 2 saturated heterocycles. The van der Waals surface area contributed by atoms with E-state index in [1.807, 2.05) is 6.20 Å². The highest BCUT2D eigenvalue weighted by atomic mass is 16.2. The molecule has 1 atom stereocenters. The number of hydrogen-bond acceptors (Lipinski definition) is 4. The number of carbonyl (C=O) groups excluding carboxylic acids is 1. The predicted molar refractivity (Wildman–Crippen MR) is 78.6 cm³/mol. The Balaban J connectivity index is 1.51. The summed E-state index contributed by atoms with van der Waals surface area (Å²) < 4.78 is 0. The van der Waals surface area contributed by atoms with Gasteiger partial charge in [-0.2, -0.15) is 0 Å². The van der Waals surface area contributed by atoms with E-state index >= 15 is 0 Å². The molecule has 2 fully saturated rings. The van der Waals surface area contributed by atoms with E-state index in [9.17, 15) is 4.79 Å². The Morgan fingerprint density at radius 2 is 2.20 bits per heavy atom. The van der Waals surface area contributed by atoms with Crippen molar-refractivity contribution in [3.05, 3.63) is 23.9 Å². The molecule has 1 amide bonds. The minimum Gasteiger partial charge on any atom is -0.357 e. The number of nitrogens with one attached hydrogen (secondary N) is 2. The van der Waals surface area contributed by atoms with Gasteiger partial charge in [-0.15, -0.1) is 0 Å². The molecule has 2 N–H and O–H groups in total. The van der Waals surface area contributed by atoms with E-state index in [1.165, 1.54) is 12.8 Å². The molecule has 20 heavy (non-hydrogen) atoms. The van der Waals surface area contributed by atoms with Crippen LogP contribution in [0, 0.1) is 0 Å². The van der Waals surface area contributed by atoms with Crippen LogP contribution >= 0.6 is 0 Å². The summed E-state index contributed by atoms with van der Waals surface area (Å²) in [6.45, 7) is 3.72. The molecule has 5 heteroatoms. The Kier molecular flexibility index (Phi) is 4.16. The summed E-state index contributed by atoms with van der Waals surface area (Å²) in [5.74, 6) is 1.15. The zero-order valence-electron chi connectivity index (χ0n) is 11.8. The number of nitrogens with zero attached hydrogens (tertiary/aromatic N) is 2. The number of amides is 1. The van der Waals surface area contributed by atoms with Crippen molar-refractivity contribution in [1.29, 1.82) is 0 Å². The van der Waals surface area contributed by atoms with Gasteiger partial charge >= 0.3 is 0 Å². The Morgan fingerprint density at radius 3 is 2.85 bits per heavy atom. The molecule has 0 saturated carbocycles. The molecule has 1 aromatic rings. The Morgan fingerprint density at radius 1 is 1.35 bits per heavy atom. The normalized spacial score (nSPS) is 22.2. The van der Waals surface area contributed by atoms with Gasteiger partial charge in [0.25, 0.3) is 0 Å². The van der Waals surface area contributed by atoms with E-state index in [4.69, 9.17) is 0 Å². The molecule has 1 aromatic heterocycles. The first-order chi connectivity index (χ1) is 9.83. The Labute approximate surface area is 119 Å². The van der Waals surface area contributed by atoms with E-state index < -0.39 is 0 Å². The maximum absolute atomic E-state index is 11.9. The lowest BCUT2D eigenvalue weighted by atomic mass is 10.2. The largest absolute Gasteiger partial charge is 0.357 e. The molecule has 0 radical (unpaired) electrons. The van der Waals surface area contributed by atoms with Gasteiger partial charge < -0.3 is 15.5 Å². The molecule has 0 aliphatic carbocycles. The van der Waals surface area contributed by atoms with Gasteiger partial charge in [-0.05, 0) is 43.9 Å². The molecule has 108 valence electrons. The highest BCUT2D eigenvalue weighted by molar-refractivity contribution is 5.81. The minimum absolute atomic E-state index is 0.00756. The third kappa shape index (κ3) is 3.10. The van der Waals surface area contributed by atoms with Gasteiger partial charge in [-0.25, -0.2) is 4.98 Å². The Hall–Kier alpha value is -1.62. The SMILES string of the molecule is O=C(NCc1ccc(N2CCCC2)nc1)[C@@H]1CCCN1. The maximum Gasteiger partial charge on any atom is 0.237 e. The molecule has 0 aromatic carbocycles. The molecule has 3 heterocycles. The molecule has 0 unspecified atom stereocenters. The van der Waals surface area contributed by atoms with Crippen molar-refractivity contribution in [3.63, 3.8) is 0 Å². The van der Waals surface area contributed by atoms with Crippen molar-refractivity contribution in [2.45, 2.75) is 38.3 Å². The summed E-state index contributed by atoms with van der Waals surface area (Å²) >= 11 is 0. The van der Waals surface area contributed by atoms with Crippen molar-refractivity contribution >= 4 is 11.7 Å². The quantitative estimate of drug-likeness (QED) is 0.861. The predicted octanol–water partition coefficient (Wildman–Crippen LogP) is 1.05. The standard InChI is InChI=1S/C15H22N4O/c20-15(13-4-3-7-16-13)18-11-12-5-6-14(17-10-12)19-8-1-2-9-19/h5-6,10,13,16H,1-4,7-9,11H2,(H,18,20)/t13-/m0/s1. The number of rotatable bonds is 4. The summed E-state index contributed by atoms with van der Waals surface area (Å²) in [4.78, 5) is 18.7. The lowest BCUT2D eigenvalue weighted by molar-refractivity contribution is -0.122. The summed E-state index contributed by atoms with van der Waals surface area (Å²) in [5, 5.41) is 6.18. The fraction of sp³-hybridized carbons (Fsp3) is 0.600. The van der Waals surface area contributed by atoms with Crippen molar-refractivity contribution < 1.29 is 4.79 Å². The van der Waals surface area contributed by atoms with Crippen LogP contribution in [0.3, 0.4) is 0 Å². The molecule has 3 rings (SSSR count). The van der Waals surface area contributed by atoms with Gasteiger partial charge in [0.2, 0.25) is 5.91 Å². The first-order valence-electron chi connectivity index (χ1n) is 7.54. The highest BCUT2D eigenvalue weighted by Crippen LogP contribution is 2.17. The van der Waals surface area contributed by atoms with Gasteiger partial charge in [0.1, 0.15) is 5.82 Å². The second kappa shape index (κ2) is 6.22. The molecule has 0 spiro atoms.